The predicted molar refractivity (Wildman–Crippen MR) is 120 cm³/mol. The number of halogens is 1. The molecule has 1 fully saturated rings. The average Bonchev–Trinajstić information content (AvgIpc) is 3.01. The summed E-state index contributed by atoms with van der Waals surface area (Å²) in [6, 6.07) is 6.50. The Hall–Kier alpha value is -1.28. The van der Waals surface area contributed by atoms with Gasteiger partial charge in [0.15, 0.2) is 5.96 Å². The second-order valence-corrected chi connectivity index (χ2v) is 6.96. The highest BCUT2D eigenvalue weighted by Gasteiger charge is 2.34. The topological polar surface area (TPSA) is 72.4 Å². The average molecular weight is 470 g/mol. The van der Waals surface area contributed by atoms with E-state index in [1.165, 1.54) is 22.0 Å². The number of aliphatic imine (C=N–C) groups is 1. The van der Waals surface area contributed by atoms with Crippen molar-refractivity contribution in [2.24, 2.45) is 4.99 Å². The Bertz CT molecular complexity index is 736. The molecule has 26 heavy (non-hydrogen) atoms. The Morgan fingerprint density at radius 2 is 2.04 bits per heavy atom. The first-order valence-corrected chi connectivity index (χ1v) is 9.47. The van der Waals surface area contributed by atoms with Crippen LogP contribution in [0.1, 0.15) is 44.2 Å². The Balaban J connectivity index is 0.00000243. The highest BCUT2D eigenvalue weighted by Crippen LogP contribution is 2.31. The van der Waals surface area contributed by atoms with Crippen molar-refractivity contribution in [1.82, 2.24) is 15.6 Å². The van der Waals surface area contributed by atoms with Gasteiger partial charge < -0.3 is 20.7 Å². The monoisotopic (exact) mass is 470 g/mol. The molecule has 0 atom stereocenters. The van der Waals surface area contributed by atoms with Crippen molar-refractivity contribution in [3.05, 3.63) is 35.5 Å². The van der Waals surface area contributed by atoms with Gasteiger partial charge in [0.1, 0.15) is 0 Å². The van der Waals surface area contributed by atoms with Gasteiger partial charge in [-0.05, 0) is 50.2 Å². The third-order valence-electron chi connectivity index (χ3n) is 5.12. The smallest absolute Gasteiger partial charge is 0.191 e. The van der Waals surface area contributed by atoms with Crippen molar-refractivity contribution >= 4 is 40.8 Å². The Labute approximate surface area is 173 Å². The maximum atomic E-state index is 10.2. The second kappa shape index (κ2) is 9.60. The van der Waals surface area contributed by atoms with Crippen LogP contribution in [-0.4, -0.2) is 41.3 Å². The third kappa shape index (κ3) is 4.91. The largest absolute Gasteiger partial charge is 0.388 e. The van der Waals surface area contributed by atoms with Crippen molar-refractivity contribution in [3.8, 4) is 0 Å². The van der Waals surface area contributed by atoms with E-state index in [-0.39, 0.29) is 24.0 Å². The zero-order valence-electron chi connectivity index (χ0n) is 15.8. The number of rotatable bonds is 7. The lowest BCUT2D eigenvalue weighted by Gasteiger charge is -2.35. The molecule has 6 heteroatoms. The van der Waals surface area contributed by atoms with E-state index in [2.05, 4.69) is 58.9 Å². The number of para-hydroxylation sites is 1. The van der Waals surface area contributed by atoms with Gasteiger partial charge in [-0.3, -0.25) is 4.99 Å². The van der Waals surface area contributed by atoms with E-state index < -0.39 is 5.60 Å². The van der Waals surface area contributed by atoms with Gasteiger partial charge in [0.05, 0.1) is 12.1 Å². The lowest BCUT2D eigenvalue weighted by Crippen LogP contribution is -2.43. The molecular formula is C20H31IN4O. The molecule has 1 aliphatic rings. The number of benzene rings is 1. The summed E-state index contributed by atoms with van der Waals surface area (Å²) in [7, 11) is 0. The molecule has 0 amide bonds. The van der Waals surface area contributed by atoms with Gasteiger partial charge in [0.2, 0.25) is 0 Å². The van der Waals surface area contributed by atoms with Crippen molar-refractivity contribution < 1.29 is 5.11 Å². The Morgan fingerprint density at radius 3 is 2.69 bits per heavy atom. The molecule has 1 aliphatic carbocycles. The number of nitrogens with one attached hydrogen (secondary N) is 3. The molecule has 0 radical (unpaired) electrons. The number of hydrogen-bond acceptors (Lipinski definition) is 2. The van der Waals surface area contributed by atoms with E-state index in [0.29, 0.717) is 6.54 Å². The highest BCUT2D eigenvalue weighted by atomic mass is 127. The summed E-state index contributed by atoms with van der Waals surface area (Å²) < 4.78 is 0. The molecule has 4 N–H and O–H groups in total. The van der Waals surface area contributed by atoms with E-state index in [0.717, 1.165) is 51.2 Å². The lowest BCUT2D eigenvalue weighted by molar-refractivity contribution is -0.0236. The van der Waals surface area contributed by atoms with Crippen molar-refractivity contribution in [2.45, 2.75) is 51.6 Å². The number of guanidine groups is 1. The van der Waals surface area contributed by atoms with Crippen LogP contribution < -0.4 is 10.6 Å². The van der Waals surface area contributed by atoms with Crippen molar-refractivity contribution in [3.63, 3.8) is 0 Å². The third-order valence-corrected chi connectivity index (χ3v) is 5.12. The van der Waals surface area contributed by atoms with Crippen LogP contribution in [-0.2, 0) is 12.8 Å². The van der Waals surface area contributed by atoms with Crippen LogP contribution in [0.2, 0.25) is 0 Å². The van der Waals surface area contributed by atoms with Gasteiger partial charge in [-0.1, -0.05) is 25.1 Å². The van der Waals surface area contributed by atoms with Crippen LogP contribution >= 0.6 is 24.0 Å². The summed E-state index contributed by atoms with van der Waals surface area (Å²) in [6.07, 6.45) is 6.93. The first kappa shape index (κ1) is 21.0. The Morgan fingerprint density at radius 1 is 1.23 bits per heavy atom. The lowest BCUT2D eigenvalue weighted by atomic mass is 9.80. The number of aromatic nitrogens is 1. The quantitative estimate of drug-likeness (QED) is 0.285. The van der Waals surface area contributed by atoms with Crippen LogP contribution in [0.15, 0.2) is 29.4 Å². The van der Waals surface area contributed by atoms with E-state index in [1.54, 1.807) is 0 Å². The first-order chi connectivity index (χ1) is 12.1. The second-order valence-electron chi connectivity index (χ2n) is 6.96. The number of aryl methyl sites for hydroxylation is 1. The molecule has 0 saturated heterocycles. The molecular weight excluding hydrogens is 439 g/mol. The zero-order chi connectivity index (χ0) is 17.7. The van der Waals surface area contributed by atoms with Gasteiger partial charge in [-0.25, -0.2) is 0 Å². The standard InChI is InChI=1S/C20H30N4O.HI/c1-3-15-7-5-8-17-16(13-23-18(15)17)9-12-22-19(21-4-2)24-14-20(25)10-6-11-20;/h5,7-8,13,23,25H,3-4,6,9-12,14H2,1-2H3,(H2,21,22,24);1H. The van der Waals surface area contributed by atoms with E-state index >= 15 is 0 Å². The molecule has 5 nitrogen and oxygen atoms in total. The molecule has 3 rings (SSSR count). The van der Waals surface area contributed by atoms with Crippen LogP contribution in [0.3, 0.4) is 0 Å². The first-order valence-electron chi connectivity index (χ1n) is 9.47. The molecule has 0 bridgehead atoms. The molecule has 1 saturated carbocycles. The van der Waals surface area contributed by atoms with E-state index in [1.807, 2.05) is 0 Å². The number of aromatic amines is 1. The van der Waals surface area contributed by atoms with Gasteiger partial charge in [0.25, 0.3) is 0 Å². The van der Waals surface area contributed by atoms with Gasteiger partial charge >= 0.3 is 0 Å². The highest BCUT2D eigenvalue weighted by molar-refractivity contribution is 14.0. The molecule has 1 aromatic carbocycles. The molecule has 1 aromatic heterocycles. The van der Waals surface area contributed by atoms with E-state index in [4.69, 9.17) is 0 Å². The summed E-state index contributed by atoms with van der Waals surface area (Å²) >= 11 is 0. The molecule has 0 aliphatic heterocycles. The molecule has 144 valence electrons. The summed E-state index contributed by atoms with van der Waals surface area (Å²) in [5.41, 5.74) is 3.37. The minimum absolute atomic E-state index is 0. The van der Waals surface area contributed by atoms with Gasteiger partial charge in [-0.15, -0.1) is 24.0 Å². The normalized spacial score (nSPS) is 16.0. The number of hydrogen-bond donors (Lipinski definition) is 4. The summed E-state index contributed by atoms with van der Waals surface area (Å²) in [6.45, 7) is 6.35. The van der Waals surface area contributed by atoms with Crippen LogP contribution in [0.5, 0.6) is 0 Å². The van der Waals surface area contributed by atoms with E-state index in [9.17, 15) is 5.11 Å². The summed E-state index contributed by atoms with van der Waals surface area (Å²) in [5.74, 6) is 0.789. The minimum Gasteiger partial charge on any atom is -0.388 e. The number of nitrogens with zero attached hydrogens (tertiary/aromatic N) is 1. The predicted octanol–water partition coefficient (Wildman–Crippen LogP) is 3.36. The SMILES string of the molecule is CCNC(=NCC1(O)CCC1)NCCc1c[nH]c2c(CC)cccc12.I. The fourth-order valence-corrected chi connectivity index (χ4v) is 3.40. The molecule has 2 aromatic rings. The minimum atomic E-state index is -0.574. The van der Waals surface area contributed by atoms with Crippen molar-refractivity contribution in [1.29, 1.82) is 0 Å². The van der Waals surface area contributed by atoms with Gasteiger partial charge in [0, 0.05) is 30.2 Å². The van der Waals surface area contributed by atoms with Crippen LogP contribution in [0.4, 0.5) is 0 Å². The van der Waals surface area contributed by atoms with Crippen LogP contribution in [0.25, 0.3) is 10.9 Å². The summed E-state index contributed by atoms with van der Waals surface area (Å²) in [4.78, 5) is 7.98. The van der Waals surface area contributed by atoms with Crippen LogP contribution in [0, 0.1) is 0 Å². The maximum absolute atomic E-state index is 10.2. The van der Waals surface area contributed by atoms with Gasteiger partial charge in [-0.2, -0.15) is 0 Å². The fraction of sp³-hybridized carbons (Fsp3) is 0.550. The molecule has 0 unspecified atom stereocenters. The fourth-order valence-electron chi connectivity index (χ4n) is 3.40. The summed E-state index contributed by atoms with van der Waals surface area (Å²) in [5, 5.41) is 18.2. The van der Waals surface area contributed by atoms with Crippen molar-refractivity contribution in [2.75, 3.05) is 19.6 Å². The number of H-pyrrole nitrogens is 1. The molecule has 1 heterocycles. The maximum Gasteiger partial charge on any atom is 0.191 e. The zero-order valence-corrected chi connectivity index (χ0v) is 18.1. The molecule has 0 spiro atoms. The Kier molecular flexibility index (Phi) is 7.76. The number of aliphatic hydroxyl groups is 1. The number of fused-ring (bicyclic) bond motifs is 1.